The van der Waals surface area contributed by atoms with E-state index in [1.54, 1.807) is 19.1 Å². The van der Waals surface area contributed by atoms with Gasteiger partial charge in [-0.3, -0.25) is 4.79 Å². The van der Waals surface area contributed by atoms with Crippen LogP contribution in [0.2, 0.25) is 0 Å². The van der Waals surface area contributed by atoms with Gasteiger partial charge in [0, 0.05) is 12.1 Å². The predicted octanol–water partition coefficient (Wildman–Crippen LogP) is 4.36. The molecule has 0 N–H and O–H groups in total. The van der Waals surface area contributed by atoms with E-state index < -0.39 is 6.36 Å². The maximum Gasteiger partial charge on any atom is 0.573 e. The standard InChI is InChI=1S/C20H20F3NO4/c1-12-16-11-18(27-3)17(26-2)10-14(16)8-9-24(12)19(25)13-4-6-15(7-5-13)28-20(21,22)23/h4-7,10-12H,8-9H2,1-3H3/t12-/m1/s1. The minimum atomic E-state index is -4.77. The van der Waals surface area contributed by atoms with Crippen molar-refractivity contribution in [3.05, 3.63) is 53.1 Å². The SMILES string of the molecule is COc1cc2c(cc1OC)[C@@H](C)N(C(=O)c1ccc(OC(F)(F)F)cc1)CC2. The second-order valence-electron chi connectivity index (χ2n) is 6.40. The lowest BCUT2D eigenvalue weighted by Gasteiger charge is -2.36. The van der Waals surface area contributed by atoms with Crippen LogP contribution in [-0.2, 0) is 6.42 Å². The van der Waals surface area contributed by atoms with Gasteiger partial charge in [-0.25, -0.2) is 0 Å². The Morgan fingerprint density at radius 2 is 1.68 bits per heavy atom. The van der Waals surface area contributed by atoms with Crippen molar-refractivity contribution >= 4 is 5.91 Å². The van der Waals surface area contributed by atoms with Crippen LogP contribution in [0.4, 0.5) is 13.2 Å². The van der Waals surface area contributed by atoms with Gasteiger partial charge in [-0.05, 0) is 60.9 Å². The van der Waals surface area contributed by atoms with E-state index in [2.05, 4.69) is 4.74 Å². The van der Waals surface area contributed by atoms with Gasteiger partial charge in [-0.15, -0.1) is 13.2 Å². The number of halogens is 3. The average molecular weight is 395 g/mol. The second-order valence-corrected chi connectivity index (χ2v) is 6.40. The monoisotopic (exact) mass is 395 g/mol. The van der Waals surface area contributed by atoms with E-state index in [-0.39, 0.29) is 17.7 Å². The molecule has 8 heteroatoms. The molecule has 0 aromatic heterocycles. The highest BCUT2D eigenvalue weighted by molar-refractivity contribution is 5.94. The van der Waals surface area contributed by atoms with Gasteiger partial charge in [-0.1, -0.05) is 0 Å². The molecule has 0 saturated heterocycles. The summed E-state index contributed by atoms with van der Waals surface area (Å²) in [7, 11) is 3.11. The lowest BCUT2D eigenvalue weighted by Crippen LogP contribution is -2.38. The molecule has 150 valence electrons. The Labute approximate surface area is 160 Å². The molecule has 1 aliphatic rings. The second kappa shape index (κ2) is 7.61. The smallest absolute Gasteiger partial charge is 0.493 e. The van der Waals surface area contributed by atoms with Gasteiger partial charge >= 0.3 is 6.36 Å². The van der Waals surface area contributed by atoms with Crippen LogP contribution >= 0.6 is 0 Å². The van der Waals surface area contributed by atoms with Gasteiger partial charge < -0.3 is 19.1 Å². The van der Waals surface area contributed by atoms with Crippen LogP contribution in [0.15, 0.2) is 36.4 Å². The number of amides is 1. The Kier molecular flexibility index (Phi) is 5.40. The minimum Gasteiger partial charge on any atom is -0.493 e. The van der Waals surface area contributed by atoms with Gasteiger partial charge in [0.15, 0.2) is 11.5 Å². The molecule has 1 aliphatic heterocycles. The molecule has 0 spiro atoms. The molecule has 1 heterocycles. The Morgan fingerprint density at radius 1 is 1.07 bits per heavy atom. The van der Waals surface area contributed by atoms with Gasteiger partial charge in [-0.2, -0.15) is 0 Å². The molecule has 28 heavy (non-hydrogen) atoms. The molecular weight excluding hydrogens is 375 g/mol. The molecule has 1 atom stereocenters. The third kappa shape index (κ3) is 4.00. The summed E-state index contributed by atoms with van der Waals surface area (Å²) >= 11 is 0. The van der Waals surface area contributed by atoms with Gasteiger partial charge in [0.2, 0.25) is 0 Å². The summed E-state index contributed by atoms with van der Waals surface area (Å²) in [5, 5.41) is 0. The van der Waals surface area contributed by atoms with Crippen molar-refractivity contribution in [2.24, 2.45) is 0 Å². The van der Waals surface area contributed by atoms with Crippen molar-refractivity contribution < 1.29 is 32.2 Å². The molecule has 0 bridgehead atoms. The third-order valence-electron chi connectivity index (χ3n) is 4.78. The number of ether oxygens (including phenoxy) is 3. The molecular formula is C20H20F3NO4. The highest BCUT2D eigenvalue weighted by Gasteiger charge is 2.32. The molecule has 5 nitrogen and oxygen atoms in total. The highest BCUT2D eigenvalue weighted by atomic mass is 19.4. The number of alkyl halides is 3. The van der Waals surface area contributed by atoms with E-state index in [1.807, 2.05) is 19.1 Å². The van der Waals surface area contributed by atoms with Crippen molar-refractivity contribution in [3.63, 3.8) is 0 Å². The number of methoxy groups -OCH3 is 2. The summed E-state index contributed by atoms with van der Waals surface area (Å²) in [5.41, 5.74) is 2.32. The minimum absolute atomic E-state index is 0.220. The summed E-state index contributed by atoms with van der Waals surface area (Å²) in [6.45, 7) is 2.40. The zero-order valence-electron chi connectivity index (χ0n) is 15.7. The average Bonchev–Trinajstić information content (AvgIpc) is 2.66. The number of hydrogen-bond donors (Lipinski definition) is 0. The number of rotatable bonds is 4. The number of carbonyl (C=O) groups is 1. The van der Waals surface area contributed by atoms with E-state index in [0.717, 1.165) is 23.3 Å². The molecule has 0 radical (unpaired) electrons. The first-order valence-corrected chi connectivity index (χ1v) is 8.65. The molecule has 2 aromatic carbocycles. The Morgan fingerprint density at radius 3 is 2.25 bits per heavy atom. The van der Waals surface area contributed by atoms with E-state index in [9.17, 15) is 18.0 Å². The normalized spacial score (nSPS) is 16.4. The van der Waals surface area contributed by atoms with Crippen LogP contribution in [0, 0.1) is 0 Å². The number of fused-ring (bicyclic) bond motifs is 1. The number of benzene rings is 2. The number of nitrogens with zero attached hydrogens (tertiary/aromatic N) is 1. The summed E-state index contributed by atoms with van der Waals surface area (Å²) in [5.74, 6) is 0.592. The predicted molar refractivity (Wildman–Crippen MR) is 95.8 cm³/mol. The molecule has 2 aromatic rings. The van der Waals surface area contributed by atoms with Crippen molar-refractivity contribution in [2.75, 3.05) is 20.8 Å². The zero-order chi connectivity index (χ0) is 20.5. The van der Waals surface area contributed by atoms with E-state index >= 15 is 0 Å². The molecule has 0 saturated carbocycles. The molecule has 3 rings (SSSR count). The lowest BCUT2D eigenvalue weighted by atomic mass is 9.92. The fourth-order valence-corrected chi connectivity index (χ4v) is 3.39. The highest BCUT2D eigenvalue weighted by Crippen LogP contribution is 2.38. The van der Waals surface area contributed by atoms with Crippen molar-refractivity contribution in [1.29, 1.82) is 0 Å². The molecule has 0 unspecified atom stereocenters. The first kappa shape index (κ1) is 19.9. The Bertz CT molecular complexity index is 865. The molecule has 1 amide bonds. The van der Waals surface area contributed by atoms with Crippen LogP contribution < -0.4 is 14.2 Å². The van der Waals surface area contributed by atoms with Gasteiger partial charge in [0.25, 0.3) is 5.91 Å². The fraction of sp³-hybridized carbons (Fsp3) is 0.350. The van der Waals surface area contributed by atoms with Crippen molar-refractivity contribution in [3.8, 4) is 17.2 Å². The van der Waals surface area contributed by atoms with Crippen LogP contribution in [-0.4, -0.2) is 37.9 Å². The summed E-state index contributed by atoms with van der Waals surface area (Å²) in [6, 6.07) is 8.49. The maximum absolute atomic E-state index is 12.9. The number of carbonyl (C=O) groups excluding carboxylic acids is 1. The van der Waals surface area contributed by atoms with E-state index in [4.69, 9.17) is 9.47 Å². The fourth-order valence-electron chi connectivity index (χ4n) is 3.39. The first-order chi connectivity index (χ1) is 13.2. The summed E-state index contributed by atoms with van der Waals surface area (Å²) < 4.78 is 51.4. The third-order valence-corrected chi connectivity index (χ3v) is 4.78. The number of hydrogen-bond acceptors (Lipinski definition) is 4. The van der Waals surface area contributed by atoms with Crippen LogP contribution in [0.1, 0.15) is 34.5 Å². The first-order valence-electron chi connectivity index (χ1n) is 8.65. The topological polar surface area (TPSA) is 48.0 Å². The van der Waals surface area contributed by atoms with E-state index in [1.165, 1.54) is 12.1 Å². The molecule has 0 fully saturated rings. The van der Waals surface area contributed by atoms with Gasteiger partial charge in [0.05, 0.1) is 20.3 Å². The van der Waals surface area contributed by atoms with Crippen molar-refractivity contribution in [2.45, 2.75) is 25.7 Å². The molecule has 0 aliphatic carbocycles. The van der Waals surface area contributed by atoms with Gasteiger partial charge in [0.1, 0.15) is 5.75 Å². The van der Waals surface area contributed by atoms with Crippen LogP contribution in [0.5, 0.6) is 17.2 Å². The summed E-state index contributed by atoms with van der Waals surface area (Å²) in [6.07, 6.45) is -4.13. The van der Waals surface area contributed by atoms with Crippen LogP contribution in [0.25, 0.3) is 0 Å². The lowest BCUT2D eigenvalue weighted by molar-refractivity contribution is -0.274. The van der Waals surface area contributed by atoms with Crippen LogP contribution in [0.3, 0.4) is 0 Å². The Balaban J connectivity index is 1.82. The van der Waals surface area contributed by atoms with Crippen molar-refractivity contribution in [1.82, 2.24) is 4.90 Å². The quantitative estimate of drug-likeness (QED) is 0.772. The largest absolute Gasteiger partial charge is 0.573 e. The maximum atomic E-state index is 12.9. The van der Waals surface area contributed by atoms with E-state index in [0.29, 0.717) is 30.0 Å². The Hall–Kier alpha value is -2.90. The summed E-state index contributed by atoms with van der Waals surface area (Å²) in [4.78, 5) is 14.6. The zero-order valence-corrected chi connectivity index (χ0v) is 15.7.